The summed E-state index contributed by atoms with van der Waals surface area (Å²) in [5.41, 5.74) is 0. The summed E-state index contributed by atoms with van der Waals surface area (Å²) in [7, 11) is 0. The summed E-state index contributed by atoms with van der Waals surface area (Å²) in [6, 6.07) is 0.0932. The van der Waals surface area contributed by atoms with Crippen molar-refractivity contribution in [2.75, 3.05) is 13.1 Å². The largest absolute Gasteiger partial charge is 1.00 e. The number of aliphatic carboxylic acids is 1. The van der Waals surface area contributed by atoms with Crippen LogP contribution in [-0.4, -0.2) is 30.0 Å². The minimum atomic E-state index is -0.903. The molecule has 0 bridgehead atoms. The third kappa shape index (κ3) is 44.4. The van der Waals surface area contributed by atoms with Crippen molar-refractivity contribution in [2.24, 2.45) is 0 Å². The molecule has 3 nitrogen and oxygen atoms in total. The zero-order chi connectivity index (χ0) is 37.1. The van der Waals surface area contributed by atoms with Gasteiger partial charge < -0.3 is 14.8 Å². The monoisotopic (exact) mass is 726 g/mol. The van der Waals surface area contributed by atoms with E-state index < -0.39 is 5.97 Å². The molecule has 0 aromatic rings. The average molecular weight is 726 g/mol. The molecule has 0 aromatic carbocycles. The van der Waals surface area contributed by atoms with Crippen molar-refractivity contribution in [3.8, 4) is 0 Å². The van der Waals surface area contributed by atoms with Crippen molar-refractivity contribution in [3.63, 3.8) is 0 Å². The average Bonchev–Trinajstić information content (AvgIpc) is 3.12. The molecule has 0 radical (unpaired) electrons. The number of rotatable bonds is 45. The normalized spacial score (nSPS) is 12.1. The summed E-state index contributed by atoms with van der Waals surface area (Å²) in [6.07, 6.45) is 56.5. The Morgan fingerprint density at radius 1 is 0.365 bits per heavy atom. The molecule has 0 amide bonds. The predicted molar refractivity (Wildman–Crippen MR) is 227 cm³/mol. The molecule has 0 N–H and O–H groups in total. The third-order valence-corrected chi connectivity index (χ3v) is 11.7. The first-order chi connectivity index (χ1) is 25.1. The van der Waals surface area contributed by atoms with E-state index in [1.54, 1.807) is 0 Å². The molecule has 0 aliphatic heterocycles. The number of unbranched alkanes of at least 4 members (excludes halogenated alkanes) is 38. The summed E-state index contributed by atoms with van der Waals surface area (Å²) >= 11 is 0. The first-order valence-corrected chi connectivity index (χ1v) is 24.1. The second kappa shape index (κ2) is 47.2. The Morgan fingerprint density at radius 3 is 0.712 bits per heavy atom. The Labute approximate surface area is 341 Å². The van der Waals surface area contributed by atoms with E-state index in [0.717, 1.165) is 13.1 Å². The molecule has 1 unspecified atom stereocenters. The molecular weight excluding hydrogens is 629 g/mol. The van der Waals surface area contributed by atoms with Crippen LogP contribution >= 0.6 is 0 Å². The third-order valence-electron chi connectivity index (χ3n) is 11.7. The zero-order valence-electron chi connectivity index (χ0n) is 36.7. The second-order valence-corrected chi connectivity index (χ2v) is 16.9. The van der Waals surface area contributed by atoms with Crippen LogP contribution in [0, 0.1) is 0 Å². The summed E-state index contributed by atoms with van der Waals surface area (Å²) < 4.78 is 0. The minimum Gasteiger partial charge on any atom is -0.550 e. The van der Waals surface area contributed by atoms with E-state index in [1.165, 1.54) is 257 Å². The molecule has 0 fully saturated rings. The number of nitrogens with zero attached hydrogens (tertiary/aromatic N) is 1. The van der Waals surface area contributed by atoms with Gasteiger partial charge in [0.2, 0.25) is 0 Å². The number of hydrogen-bond donors (Lipinski definition) is 0. The van der Waals surface area contributed by atoms with Crippen LogP contribution in [0.3, 0.4) is 0 Å². The number of hydrogen-bond acceptors (Lipinski definition) is 3. The molecule has 0 aromatic heterocycles. The van der Waals surface area contributed by atoms with Crippen LogP contribution in [0.4, 0.5) is 0 Å². The zero-order valence-corrected chi connectivity index (χ0v) is 36.7. The van der Waals surface area contributed by atoms with Gasteiger partial charge in [0.25, 0.3) is 0 Å². The Hall–Kier alpha value is 0.0274. The van der Waals surface area contributed by atoms with Gasteiger partial charge in [-0.15, -0.1) is 0 Å². The summed E-state index contributed by atoms with van der Waals surface area (Å²) in [6.45, 7) is 8.78. The van der Waals surface area contributed by atoms with Crippen LogP contribution in [0.2, 0.25) is 0 Å². The quantitative estimate of drug-likeness (QED) is 0.0464. The van der Waals surface area contributed by atoms with Gasteiger partial charge in [-0.1, -0.05) is 258 Å². The van der Waals surface area contributed by atoms with Crippen molar-refractivity contribution < 1.29 is 28.8 Å². The van der Waals surface area contributed by atoms with Crippen LogP contribution in [0.5, 0.6) is 0 Å². The van der Waals surface area contributed by atoms with Crippen molar-refractivity contribution in [2.45, 2.75) is 290 Å². The second-order valence-electron chi connectivity index (χ2n) is 16.9. The van der Waals surface area contributed by atoms with Gasteiger partial charge in [-0.2, -0.15) is 0 Å². The van der Waals surface area contributed by atoms with Crippen molar-refractivity contribution in [3.05, 3.63) is 0 Å². The molecular formula is C48H96LiNO2. The number of carboxylic acid groups (broad SMARTS) is 1. The minimum absolute atomic E-state index is 0. The van der Waals surface area contributed by atoms with Crippen molar-refractivity contribution in [1.82, 2.24) is 4.90 Å². The van der Waals surface area contributed by atoms with Gasteiger partial charge in [0.1, 0.15) is 0 Å². The molecule has 0 spiro atoms. The number of carboxylic acids is 1. The fourth-order valence-electron chi connectivity index (χ4n) is 8.06. The Bertz CT molecular complexity index is 614. The van der Waals surface area contributed by atoms with Crippen LogP contribution in [-0.2, 0) is 4.79 Å². The summed E-state index contributed by atoms with van der Waals surface area (Å²) in [5.74, 6) is -0.903. The maximum atomic E-state index is 11.3. The van der Waals surface area contributed by atoms with Gasteiger partial charge in [-0.3, -0.25) is 0 Å². The van der Waals surface area contributed by atoms with E-state index in [2.05, 4.69) is 25.7 Å². The first kappa shape index (κ1) is 54.1. The maximum absolute atomic E-state index is 11.3. The van der Waals surface area contributed by atoms with Crippen LogP contribution in [0.15, 0.2) is 0 Å². The Balaban J connectivity index is 0. The molecule has 306 valence electrons. The fraction of sp³-hybridized carbons (Fsp3) is 0.979. The number of carbonyl (C=O) groups is 1. The van der Waals surface area contributed by atoms with Crippen LogP contribution < -0.4 is 24.0 Å². The Morgan fingerprint density at radius 2 is 0.538 bits per heavy atom. The van der Waals surface area contributed by atoms with Gasteiger partial charge in [0.05, 0.1) is 0 Å². The van der Waals surface area contributed by atoms with Gasteiger partial charge in [0.15, 0.2) is 0 Å². The molecule has 0 heterocycles. The molecule has 0 aliphatic rings. The van der Waals surface area contributed by atoms with Gasteiger partial charge >= 0.3 is 18.9 Å². The SMILES string of the molecule is CCCCCCCCCCCCCCCCCCCCCCN(CCCCCCCCCCCCCCCCCCCCCC)C(C)CC(=O)[O-].[Li+]. The van der Waals surface area contributed by atoms with Gasteiger partial charge in [0, 0.05) is 18.4 Å². The number of carbonyl (C=O) groups excluding carboxylic acids is 1. The van der Waals surface area contributed by atoms with E-state index in [0.29, 0.717) is 0 Å². The molecule has 52 heavy (non-hydrogen) atoms. The van der Waals surface area contributed by atoms with Gasteiger partial charge in [-0.05, 0) is 32.9 Å². The smallest absolute Gasteiger partial charge is 0.550 e. The van der Waals surface area contributed by atoms with E-state index >= 15 is 0 Å². The molecule has 0 aliphatic carbocycles. The van der Waals surface area contributed by atoms with E-state index in [9.17, 15) is 9.90 Å². The molecule has 1 atom stereocenters. The topological polar surface area (TPSA) is 43.4 Å². The van der Waals surface area contributed by atoms with Gasteiger partial charge in [-0.25, -0.2) is 0 Å². The van der Waals surface area contributed by atoms with Crippen molar-refractivity contribution >= 4 is 5.97 Å². The van der Waals surface area contributed by atoms with Crippen LogP contribution in [0.25, 0.3) is 0 Å². The summed E-state index contributed by atoms with van der Waals surface area (Å²) in [4.78, 5) is 13.7. The predicted octanol–water partition coefficient (Wildman–Crippen LogP) is 12.5. The molecule has 0 saturated heterocycles. The molecule has 4 heteroatoms. The molecule has 0 rings (SSSR count). The first-order valence-electron chi connectivity index (χ1n) is 24.1. The van der Waals surface area contributed by atoms with Crippen molar-refractivity contribution in [1.29, 1.82) is 0 Å². The Kier molecular flexibility index (Phi) is 49.1. The van der Waals surface area contributed by atoms with Crippen LogP contribution in [0.1, 0.15) is 284 Å². The summed E-state index contributed by atoms with van der Waals surface area (Å²) in [5, 5.41) is 11.3. The maximum Gasteiger partial charge on any atom is 1.00 e. The van der Waals surface area contributed by atoms with E-state index in [-0.39, 0.29) is 31.3 Å². The molecule has 0 saturated carbocycles. The van der Waals surface area contributed by atoms with E-state index in [1.807, 2.05) is 0 Å². The van der Waals surface area contributed by atoms with E-state index in [4.69, 9.17) is 0 Å². The fourth-order valence-corrected chi connectivity index (χ4v) is 8.06. The standard InChI is InChI=1S/C48H97NO2.Li/c1-4-6-8-10-12-14-16-18-20-22-24-26-28-30-32-34-36-38-40-42-44-49(47(3)46-48(50)51)45-43-41-39-37-35-33-31-29-27-25-23-21-19-17-15-13-11-9-7-5-2;/h47H,4-46H2,1-3H3,(H,50,51);/q;+1/p-1.